The standard InChI is InChI=1S/C26H27NO4/c1-18-15-24(19(2)27(18)16-23-9-6-14-30-23)25(28)17-31-26(29)22-12-10-21(11-13-22)20-7-4-3-5-8-20/h3-5,7-8,10-13,15,23H,6,9,14,16-17H2,1-2H3/t23-/m0/s1. The van der Waals surface area contributed by atoms with Gasteiger partial charge in [-0.2, -0.15) is 0 Å². The second kappa shape index (κ2) is 9.31. The molecule has 0 unspecified atom stereocenters. The van der Waals surface area contributed by atoms with Crippen LogP contribution in [-0.2, 0) is 16.0 Å². The summed E-state index contributed by atoms with van der Waals surface area (Å²) in [4.78, 5) is 25.1. The quantitative estimate of drug-likeness (QED) is 0.401. The fraction of sp³-hybridized carbons (Fsp3) is 0.308. The number of carbonyl (C=O) groups excluding carboxylic acids is 2. The molecule has 1 atom stereocenters. The smallest absolute Gasteiger partial charge is 0.338 e. The SMILES string of the molecule is Cc1cc(C(=O)COC(=O)c2ccc(-c3ccccc3)cc2)c(C)n1C[C@@H]1CCCO1. The van der Waals surface area contributed by atoms with Crippen LogP contribution in [-0.4, -0.2) is 35.6 Å². The average molecular weight is 418 g/mol. The largest absolute Gasteiger partial charge is 0.454 e. The van der Waals surface area contributed by atoms with E-state index in [4.69, 9.17) is 9.47 Å². The van der Waals surface area contributed by atoms with Crippen molar-refractivity contribution in [2.45, 2.75) is 39.3 Å². The van der Waals surface area contributed by atoms with Crippen molar-refractivity contribution >= 4 is 11.8 Å². The summed E-state index contributed by atoms with van der Waals surface area (Å²) in [7, 11) is 0. The maximum Gasteiger partial charge on any atom is 0.338 e. The summed E-state index contributed by atoms with van der Waals surface area (Å²) in [5, 5.41) is 0. The first-order valence-corrected chi connectivity index (χ1v) is 10.7. The normalized spacial score (nSPS) is 15.7. The van der Waals surface area contributed by atoms with Gasteiger partial charge >= 0.3 is 5.97 Å². The predicted octanol–water partition coefficient (Wildman–Crippen LogP) is 4.99. The van der Waals surface area contributed by atoms with E-state index in [1.54, 1.807) is 12.1 Å². The van der Waals surface area contributed by atoms with Crippen molar-refractivity contribution in [1.82, 2.24) is 4.57 Å². The van der Waals surface area contributed by atoms with Crippen molar-refractivity contribution in [3.8, 4) is 11.1 Å². The van der Waals surface area contributed by atoms with Crippen LogP contribution in [0.4, 0.5) is 0 Å². The molecule has 4 rings (SSSR count). The molecular weight excluding hydrogens is 390 g/mol. The number of nitrogens with zero attached hydrogens (tertiary/aromatic N) is 1. The number of rotatable bonds is 7. The van der Waals surface area contributed by atoms with Crippen LogP contribution in [0.1, 0.15) is 44.9 Å². The van der Waals surface area contributed by atoms with Gasteiger partial charge in [-0.1, -0.05) is 42.5 Å². The molecule has 1 fully saturated rings. The van der Waals surface area contributed by atoms with Crippen molar-refractivity contribution in [2.75, 3.05) is 13.2 Å². The number of hydrogen-bond donors (Lipinski definition) is 0. The third-order valence-electron chi connectivity index (χ3n) is 5.85. The molecule has 3 aromatic rings. The second-order valence-corrected chi connectivity index (χ2v) is 7.97. The van der Waals surface area contributed by atoms with Crippen molar-refractivity contribution < 1.29 is 19.1 Å². The first-order valence-electron chi connectivity index (χ1n) is 10.7. The Balaban J connectivity index is 1.38. The Hall–Kier alpha value is -3.18. The molecule has 0 saturated carbocycles. The predicted molar refractivity (Wildman–Crippen MR) is 119 cm³/mol. The van der Waals surface area contributed by atoms with Gasteiger partial charge in [-0.15, -0.1) is 0 Å². The lowest BCUT2D eigenvalue weighted by molar-refractivity contribution is 0.0474. The molecule has 1 aromatic heterocycles. The third kappa shape index (κ3) is 4.78. The van der Waals surface area contributed by atoms with E-state index in [1.165, 1.54) is 0 Å². The minimum atomic E-state index is -0.499. The monoisotopic (exact) mass is 417 g/mol. The molecule has 0 bridgehead atoms. The topological polar surface area (TPSA) is 57.5 Å². The van der Waals surface area contributed by atoms with E-state index >= 15 is 0 Å². The molecule has 0 radical (unpaired) electrons. The molecule has 1 saturated heterocycles. The summed E-state index contributed by atoms with van der Waals surface area (Å²) in [6, 6.07) is 19.0. The van der Waals surface area contributed by atoms with E-state index in [-0.39, 0.29) is 18.5 Å². The summed E-state index contributed by atoms with van der Waals surface area (Å²) in [6.07, 6.45) is 2.32. The number of aromatic nitrogens is 1. The van der Waals surface area contributed by atoms with Crippen LogP contribution in [0.5, 0.6) is 0 Å². The molecule has 0 N–H and O–H groups in total. The van der Waals surface area contributed by atoms with Crippen molar-refractivity contribution in [1.29, 1.82) is 0 Å². The van der Waals surface area contributed by atoms with Gasteiger partial charge in [0.2, 0.25) is 5.78 Å². The van der Waals surface area contributed by atoms with Gasteiger partial charge in [0.15, 0.2) is 6.61 Å². The van der Waals surface area contributed by atoms with Gasteiger partial charge in [-0.25, -0.2) is 4.79 Å². The van der Waals surface area contributed by atoms with E-state index in [1.807, 2.05) is 62.4 Å². The Morgan fingerprint density at radius 3 is 2.42 bits per heavy atom. The average Bonchev–Trinajstić information content (AvgIpc) is 3.42. The van der Waals surface area contributed by atoms with E-state index in [9.17, 15) is 9.59 Å². The van der Waals surface area contributed by atoms with Gasteiger partial charge in [0.25, 0.3) is 0 Å². The number of ether oxygens (including phenoxy) is 2. The molecule has 31 heavy (non-hydrogen) atoms. The highest BCUT2D eigenvalue weighted by molar-refractivity contribution is 6.00. The molecule has 0 spiro atoms. The number of esters is 1. The van der Waals surface area contributed by atoms with Gasteiger partial charge in [0.1, 0.15) is 0 Å². The van der Waals surface area contributed by atoms with Crippen LogP contribution in [0.15, 0.2) is 60.7 Å². The van der Waals surface area contributed by atoms with Gasteiger partial charge in [0.05, 0.1) is 11.7 Å². The zero-order valence-corrected chi connectivity index (χ0v) is 18.0. The highest BCUT2D eigenvalue weighted by atomic mass is 16.5. The second-order valence-electron chi connectivity index (χ2n) is 7.97. The molecule has 0 amide bonds. The Morgan fingerprint density at radius 2 is 1.74 bits per heavy atom. The lowest BCUT2D eigenvalue weighted by atomic mass is 10.0. The highest BCUT2D eigenvalue weighted by Crippen LogP contribution is 2.22. The molecule has 5 nitrogen and oxygen atoms in total. The Kier molecular flexibility index (Phi) is 6.33. The number of ketones is 1. The van der Waals surface area contributed by atoms with Gasteiger partial charge in [-0.05, 0) is 56.0 Å². The highest BCUT2D eigenvalue weighted by Gasteiger charge is 2.22. The number of benzene rings is 2. The van der Waals surface area contributed by atoms with Crippen molar-refractivity contribution in [3.05, 3.63) is 83.2 Å². The molecule has 0 aliphatic carbocycles. The molecule has 1 aliphatic rings. The Morgan fingerprint density at radius 1 is 1.03 bits per heavy atom. The fourth-order valence-electron chi connectivity index (χ4n) is 4.08. The van der Waals surface area contributed by atoms with E-state index in [2.05, 4.69) is 4.57 Å². The molecular formula is C26H27NO4. The van der Waals surface area contributed by atoms with Crippen LogP contribution in [0, 0.1) is 13.8 Å². The molecule has 2 aromatic carbocycles. The van der Waals surface area contributed by atoms with Crippen LogP contribution >= 0.6 is 0 Å². The van der Waals surface area contributed by atoms with E-state index < -0.39 is 5.97 Å². The maximum atomic E-state index is 12.7. The summed E-state index contributed by atoms with van der Waals surface area (Å²) in [5.41, 5.74) is 5.03. The number of Topliss-reactive ketones (excluding diaryl/α,β-unsaturated/α-hetero) is 1. The first kappa shape index (κ1) is 21.1. The van der Waals surface area contributed by atoms with Gasteiger partial charge < -0.3 is 14.0 Å². The fourth-order valence-corrected chi connectivity index (χ4v) is 4.08. The van der Waals surface area contributed by atoms with E-state index in [0.29, 0.717) is 11.1 Å². The summed E-state index contributed by atoms with van der Waals surface area (Å²) in [6.45, 7) is 5.19. The summed E-state index contributed by atoms with van der Waals surface area (Å²) < 4.78 is 13.1. The Labute approximate surface area is 182 Å². The summed E-state index contributed by atoms with van der Waals surface area (Å²) in [5.74, 6) is -0.693. The number of carbonyl (C=O) groups is 2. The summed E-state index contributed by atoms with van der Waals surface area (Å²) >= 11 is 0. The third-order valence-corrected chi connectivity index (χ3v) is 5.85. The van der Waals surface area contributed by atoms with Crippen LogP contribution in [0.2, 0.25) is 0 Å². The van der Waals surface area contributed by atoms with Crippen molar-refractivity contribution in [2.24, 2.45) is 0 Å². The molecule has 2 heterocycles. The van der Waals surface area contributed by atoms with Crippen LogP contribution in [0.3, 0.4) is 0 Å². The molecule has 1 aliphatic heterocycles. The number of hydrogen-bond acceptors (Lipinski definition) is 4. The zero-order chi connectivity index (χ0) is 21.8. The number of aryl methyl sites for hydroxylation is 1. The van der Waals surface area contributed by atoms with Gasteiger partial charge in [0, 0.05) is 30.1 Å². The van der Waals surface area contributed by atoms with Crippen molar-refractivity contribution in [3.63, 3.8) is 0 Å². The maximum absolute atomic E-state index is 12.7. The van der Waals surface area contributed by atoms with Crippen LogP contribution < -0.4 is 0 Å². The van der Waals surface area contributed by atoms with Gasteiger partial charge in [-0.3, -0.25) is 4.79 Å². The first-order chi connectivity index (χ1) is 15.0. The molecule has 160 valence electrons. The van der Waals surface area contributed by atoms with E-state index in [0.717, 1.165) is 48.5 Å². The minimum Gasteiger partial charge on any atom is -0.454 e. The lowest BCUT2D eigenvalue weighted by Gasteiger charge is -2.14. The molecule has 5 heteroatoms. The van der Waals surface area contributed by atoms with Crippen LogP contribution in [0.25, 0.3) is 11.1 Å². The lowest BCUT2D eigenvalue weighted by Crippen LogP contribution is -2.18. The zero-order valence-electron chi connectivity index (χ0n) is 18.0. The Bertz CT molecular complexity index is 1060. The minimum absolute atomic E-state index is 0.194.